The van der Waals surface area contributed by atoms with Crippen LogP contribution in [-0.4, -0.2) is 48.3 Å². The van der Waals surface area contributed by atoms with E-state index in [1.807, 2.05) is 0 Å². The highest BCUT2D eigenvalue weighted by Crippen LogP contribution is 2.12. The van der Waals surface area contributed by atoms with Crippen LogP contribution in [0.1, 0.15) is 20.8 Å². The number of amides is 2. The molecule has 104 valence electrons. The summed E-state index contributed by atoms with van der Waals surface area (Å²) in [6, 6.07) is -0.987. The Morgan fingerprint density at radius 3 is 2.72 bits per heavy atom. The molecule has 0 aliphatic carbocycles. The zero-order chi connectivity index (χ0) is 13.9. The minimum absolute atomic E-state index is 0.176. The minimum Gasteiger partial charge on any atom is -0.444 e. The molecule has 1 rings (SSSR count). The van der Waals surface area contributed by atoms with Crippen LogP contribution in [-0.2, 0) is 14.4 Å². The van der Waals surface area contributed by atoms with Crippen LogP contribution >= 0.6 is 0 Å². The number of hydrogen-bond donors (Lipinski definition) is 1. The third-order valence-electron chi connectivity index (χ3n) is 1.94. The standard InChI is InChI=1S/C10H16F2N2O4/c1-10(2,3)18-9(16)13-6-5-17-14(8(6)15)4-7(11)12/h6-7H,4-5H2,1-3H3,(H,13,16). The van der Waals surface area contributed by atoms with Crippen molar-refractivity contribution in [2.24, 2.45) is 0 Å². The van der Waals surface area contributed by atoms with Gasteiger partial charge in [-0.1, -0.05) is 0 Å². The maximum atomic E-state index is 12.1. The summed E-state index contributed by atoms with van der Waals surface area (Å²) >= 11 is 0. The Morgan fingerprint density at radius 1 is 1.61 bits per heavy atom. The highest BCUT2D eigenvalue weighted by molar-refractivity contribution is 5.86. The summed E-state index contributed by atoms with van der Waals surface area (Å²) in [5.41, 5.74) is -0.699. The lowest BCUT2D eigenvalue weighted by molar-refractivity contribution is -0.169. The molecule has 6 nitrogen and oxygen atoms in total. The van der Waals surface area contributed by atoms with Gasteiger partial charge in [-0.05, 0) is 20.8 Å². The monoisotopic (exact) mass is 266 g/mol. The Morgan fingerprint density at radius 2 is 2.22 bits per heavy atom. The Balaban J connectivity index is 2.45. The smallest absolute Gasteiger partial charge is 0.408 e. The van der Waals surface area contributed by atoms with E-state index in [1.54, 1.807) is 20.8 Å². The van der Waals surface area contributed by atoms with Gasteiger partial charge in [-0.15, -0.1) is 0 Å². The molecule has 0 aromatic rings. The Kier molecular flexibility index (Phi) is 4.44. The van der Waals surface area contributed by atoms with Crippen molar-refractivity contribution >= 4 is 12.0 Å². The number of halogens is 2. The normalized spacial score (nSPS) is 20.4. The van der Waals surface area contributed by atoms with Crippen LogP contribution in [0, 0.1) is 0 Å². The highest BCUT2D eigenvalue weighted by atomic mass is 19.3. The molecule has 0 spiro atoms. The zero-order valence-corrected chi connectivity index (χ0v) is 10.4. The van der Waals surface area contributed by atoms with Crippen molar-refractivity contribution in [2.45, 2.75) is 38.8 Å². The highest BCUT2D eigenvalue weighted by Gasteiger charge is 2.36. The fraction of sp³-hybridized carbons (Fsp3) is 0.800. The third-order valence-corrected chi connectivity index (χ3v) is 1.94. The first kappa shape index (κ1) is 14.6. The molecular weight excluding hydrogens is 250 g/mol. The Bertz CT molecular complexity index is 330. The van der Waals surface area contributed by atoms with Gasteiger partial charge in [-0.3, -0.25) is 9.63 Å². The van der Waals surface area contributed by atoms with E-state index >= 15 is 0 Å². The van der Waals surface area contributed by atoms with E-state index in [0.29, 0.717) is 5.06 Å². The average Bonchev–Trinajstić information content (AvgIpc) is 2.46. The van der Waals surface area contributed by atoms with Crippen LogP contribution in [0.15, 0.2) is 0 Å². The van der Waals surface area contributed by atoms with Crippen molar-refractivity contribution in [3.05, 3.63) is 0 Å². The van der Waals surface area contributed by atoms with E-state index < -0.39 is 36.6 Å². The number of hydroxylamine groups is 2. The average molecular weight is 266 g/mol. The number of hydrogen-bond acceptors (Lipinski definition) is 4. The van der Waals surface area contributed by atoms with Crippen LogP contribution in [0.2, 0.25) is 0 Å². The molecule has 0 radical (unpaired) electrons. The number of alkyl carbamates (subject to hydrolysis) is 1. The molecule has 0 saturated carbocycles. The predicted molar refractivity (Wildman–Crippen MR) is 56.8 cm³/mol. The van der Waals surface area contributed by atoms with Crippen LogP contribution in [0.4, 0.5) is 13.6 Å². The van der Waals surface area contributed by atoms with Crippen molar-refractivity contribution in [3.8, 4) is 0 Å². The topological polar surface area (TPSA) is 67.9 Å². The summed E-state index contributed by atoms with van der Waals surface area (Å²) < 4.78 is 29.1. The second-order valence-electron chi connectivity index (χ2n) is 4.78. The van der Waals surface area contributed by atoms with E-state index in [-0.39, 0.29) is 6.61 Å². The number of ether oxygens (including phenoxy) is 1. The summed E-state index contributed by atoms with van der Waals surface area (Å²) in [6.45, 7) is 4.02. The Hall–Kier alpha value is -1.44. The largest absolute Gasteiger partial charge is 0.444 e. The second-order valence-corrected chi connectivity index (χ2v) is 4.78. The number of carbonyl (C=O) groups is 2. The molecule has 1 atom stereocenters. The molecule has 1 saturated heterocycles. The number of carbonyl (C=O) groups excluding carboxylic acids is 2. The van der Waals surface area contributed by atoms with Crippen molar-refractivity contribution in [1.82, 2.24) is 10.4 Å². The van der Waals surface area contributed by atoms with Gasteiger partial charge in [0.15, 0.2) is 0 Å². The lowest BCUT2D eigenvalue weighted by Crippen LogP contribution is -2.45. The zero-order valence-electron chi connectivity index (χ0n) is 10.4. The van der Waals surface area contributed by atoms with Gasteiger partial charge in [0, 0.05) is 0 Å². The van der Waals surface area contributed by atoms with Crippen LogP contribution < -0.4 is 5.32 Å². The van der Waals surface area contributed by atoms with Crippen molar-refractivity contribution in [2.75, 3.05) is 13.2 Å². The number of nitrogens with zero attached hydrogens (tertiary/aromatic N) is 1. The molecule has 0 bridgehead atoms. The summed E-state index contributed by atoms with van der Waals surface area (Å²) in [7, 11) is 0. The maximum Gasteiger partial charge on any atom is 0.408 e. The molecule has 1 heterocycles. The molecule has 1 unspecified atom stereocenters. The molecule has 1 fully saturated rings. The van der Waals surface area contributed by atoms with E-state index in [2.05, 4.69) is 5.32 Å². The van der Waals surface area contributed by atoms with Gasteiger partial charge in [-0.2, -0.15) is 0 Å². The van der Waals surface area contributed by atoms with Gasteiger partial charge in [0.25, 0.3) is 12.3 Å². The van der Waals surface area contributed by atoms with E-state index in [0.717, 1.165) is 0 Å². The SMILES string of the molecule is CC(C)(C)OC(=O)NC1CON(CC(F)F)C1=O. The molecule has 18 heavy (non-hydrogen) atoms. The predicted octanol–water partition coefficient (Wildman–Crippen LogP) is 0.919. The fourth-order valence-electron chi connectivity index (χ4n) is 1.29. The first-order valence-electron chi connectivity index (χ1n) is 5.41. The van der Waals surface area contributed by atoms with Gasteiger partial charge < -0.3 is 10.1 Å². The van der Waals surface area contributed by atoms with Crippen LogP contribution in [0.3, 0.4) is 0 Å². The van der Waals surface area contributed by atoms with Gasteiger partial charge in [0.2, 0.25) is 0 Å². The number of alkyl halides is 2. The minimum atomic E-state index is -2.69. The molecule has 1 aliphatic rings. The van der Waals surface area contributed by atoms with Crippen molar-refractivity contribution in [1.29, 1.82) is 0 Å². The molecule has 0 aromatic heterocycles. The third kappa shape index (κ3) is 4.44. The van der Waals surface area contributed by atoms with Gasteiger partial charge in [0.1, 0.15) is 24.8 Å². The lowest BCUT2D eigenvalue weighted by Gasteiger charge is -2.20. The van der Waals surface area contributed by atoms with Gasteiger partial charge in [-0.25, -0.2) is 18.6 Å². The van der Waals surface area contributed by atoms with Gasteiger partial charge in [0.05, 0.1) is 0 Å². The number of rotatable bonds is 3. The summed E-state index contributed by atoms with van der Waals surface area (Å²) in [4.78, 5) is 27.7. The molecule has 1 aliphatic heterocycles. The summed E-state index contributed by atoms with van der Waals surface area (Å²) in [5, 5.41) is 2.81. The first-order valence-corrected chi connectivity index (χ1v) is 5.41. The van der Waals surface area contributed by atoms with Crippen LogP contribution in [0.5, 0.6) is 0 Å². The van der Waals surface area contributed by atoms with Gasteiger partial charge >= 0.3 is 6.09 Å². The first-order chi connectivity index (χ1) is 8.19. The van der Waals surface area contributed by atoms with Crippen molar-refractivity contribution < 1.29 is 27.9 Å². The summed E-state index contributed by atoms with van der Waals surface area (Å²) in [5.74, 6) is -0.707. The molecule has 0 aromatic carbocycles. The quantitative estimate of drug-likeness (QED) is 0.824. The van der Waals surface area contributed by atoms with E-state index in [9.17, 15) is 18.4 Å². The van der Waals surface area contributed by atoms with E-state index in [1.165, 1.54) is 0 Å². The van der Waals surface area contributed by atoms with Crippen LogP contribution in [0.25, 0.3) is 0 Å². The second kappa shape index (κ2) is 5.47. The molecule has 8 heteroatoms. The van der Waals surface area contributed by atoms with Crippen molar-refractivity contribution in [3.63, 3.8) is 0 Å². The molecule has 1 N–H and O–H groups in total. The molecular formula is C10H16F2N2O4. The van der Waals surface area contributed by atoms with E-state index in [4.69, 9.17) is 9.57 Å². The molecule has 2 amide bonds. The maximum absolute atomic E-state index is 12.1. The summed E-state index contributed by atoms with van der Waals surface area (Å²) in [6.07, 6.45) is -3.47. The number of nitrogens with one attached hydrogen (secondary N) is 1. The lowest BCUT2D eigenvalue weighted by atomic mass is 10.2. The Labute approximate surface area is 103 Å². The fourth-order valence-corrected chi connectivity index (χ4v) is 1.29.